The average Bonchev–Trinajstić information content (AvgIpc) is 3.14. The first-order valence-corrected chi connectivity index (χ1v) is 9.10. The first-order valence-electron chi connectivity index (χ1n) is 8.22. The summed E-state index contributed by atoms with van der Waals surface area (Å²) in [6.07, 6.45) is 4.03. The van der Waals surface area contributed by atoms with Crippen molar-refractivity contribution in [2.75, 3.05) is 18.4 Å². The van der Waals surface area contributed by atoms with Crippen LogP contribution in [0, 0.1) is 0 Å². The molecule has 1 aromatic carbocycles. The van der Waals surface area contributed by atoms with Gasteiger partial charge in [-0.2, -0.15) is 0 Å². The Kier molecular flexibility index (Phi) is 4.08. The van der Waals surface area contributed by atoms with E-state index in [1.165, 1.54) is 0 Å². The van der Waals surface area contributed by atoms with Crippen LogP contribution in [0.1, 0.15) is 12.8 Å². The van der Waals surface area contributed by atoms with E-state index in [4.69, 9.17) is 0 Å². The van der Waals surface area contributed by atoms with Gasteiger partial charge in [0.15, 0.2) is 0 Å². The Morgan fingerprint density at radius 1 is 1.29 bits per heavy atom. The molecule has 1 aliphatic rings. The molecule has 0 unspecified atom stereocenters. The molecule has 24 heavy (non-hydrogen) atoms. The largest absolute Gasteiger partial charge is 0.382 e. The first-order chi connectivity index (χ1) is 11.7. The smallest absolute Gasteiger partial charge is 0.252 e. The van der Waals surface area contributed by atoms with Crippen LogP contribution in [-0.4, -0.2) is 28.7 Å². The number of hydrogen-bond acceptors (Lipinski definition) is 5. The maximum absolute atomic E-state index is 12.3. The standard InChI is InChI=1S/C18H20N4OS/c1-22-16-3-2-12(17-10-20-11-24-17)8-14(16)15(9-18(22)23)21-13-4-6-19-7-5-13/h2-3,8-11,13,19,21H,4-7H2,1H3. The second-order valence-corrected chi connectivity index (χ2v) is 7.11. The summed E-state index contributed by atoms with van der Waals surface area (Å²) < 4.78 is 1.71. The second-order valence-electron chi connectivity index (χ2n) is 6.22. The maximum Gasteiger partial charge on any atom is 0.252 e. The number of benzene rings is 1. The number of thiazole rings is 1. The lowest BCUT2D eigenvalue weighted by Crippen LogP contribution is -2.35. The molecule has 5 nitrogen and oxygen atoms in total. The molecular weight excluding hydrogens is 320 g/mol. The van der Waals surface area contributed by atoms with Crippen molar-refractivity contribution in [2.45, 2.75) is 18.9 Å². The third-order valence-electron chi connectivity index (χ3n) is 4.66. The number of pyridine rings is 1. The summed E-state index contributed by atoms with van der Waals surface area (Å²) >= 11 is 1.63. The summed E-state index contributed by atoms with van der Waals surface area (Å²) in [5.74, 6) is 0. The SMILES string of the molecule is Cn1c(=O)cc(NC2CCNCC2)c2cc(-c3cncs3)ccc21. The van der Waals surface area contributed by atoms with Gasteiger partial charge >= 0.3 is 0 Å². The fraction of sp³-hybridized carbons (Fsp3) is 0.333. The van der Waals surface area contributed by atoms with Gasteiger partial charge in [-0.05, 0) is 43.6 Å². The molecule has 0 saturated carbocycles. The van der Waals surface area contributed by atoms with Gasteiger partial charge in [-0.1, -0.05) is 6.07 Å². The van der Waals surface area contributed by atoms with E-state index in [1.54, 1.807) is 22.0 Å². The van der Waals surface area contributed by atoms with E-state index in [9.17, 15) is 4.79 Å². The topological polar surface area (TPSA) is 59.0 Å². The van der Waals surface area contributed by atoms with Crippen molar-refractivity contribution in [2.24, 2.45) is 7.05 Å². The highest BCUT2D eigenvalue weighted by molar-refractivity contribution is 7.13. The highest BCUT2D eigenvalue weighted by atomic mass is 32.1. The third-order valence-corrected chi connectivity index (χ3v) is 5.48. The molecule has 3 heterocycles. The summed E-state index contributed by atoms with van der Waals surface area (Å²) in [6.45, 7) is 2.04. The second kappa shape index (κ2) is 6.37. The minimum atomic E-state index is 0.0180. The van der Waals surface area contributed by atoms with Gasteiger partial charge in [0.1, 0.15) is 0 Å². The number of aromatic nitrogens is 2. The van der Waals surface area contributed by atoms with Gasteiger partial charge in [-0.25, -0.2) is 0 Å². The Morgan fingerprint density at radius 2 is 2.12 bits per heavy atom. The number of hydrogen-bond donors (Lipinski definition) is 2. The molecule has 1 fully saturated rings. The molecule has 1 saturated heterocycles. The fourth-order valence-corrected chi connectivity index (χ4v) is 3.90. The molecule has 6 heteroatoms. The molecule has 0 radical (unpaired) electrons. The van der Waals surface area contributed by atoms with E-state index >= 15 is 0 Å². The zero-order chi connectivity index (χ0) is 16.5. The summed E-state index contributed by atoms with van der Waals surface area (Å²) in [4.78, 5) is 17.6. The quantitative estimate of drug-likeness (QED) is 0.770. The summed E-state index contributed by atoms with van der Waals surface area (Å²) in [6, 6.07) is 8.38. The van der Waals surface area contributed by atoms with Gasteiger partial charge in [-0.15, -0.1) is 11.3 Å². The minimum Gasteiger partial charge on any atom is -0.382 e. The Morgan fingerprint density at radius 3 is 2.88 bits per heavy atom. The minimum absolute atomic E-state index is 0.0180. The number of piperidine rings is 1. The van der Waals surface area contributed by atoms with Gasteiger partial charge < -0.3 is 15.2 Å². The number of anilines is 1. The number of fused-ring (bicyclic) bond motifs is 1. The molecule has 4 rings (SSSR count). The normalized spacial score (nSPS) is 15.7. The number of rotatable bonds is 3. The van der Waals surface area contributed by atoms with Crippen molar-refractivity contribution in [3.63, 3.8) is 0 Å². The fourth-order valence-electron chi connectivity index (χ4n) is 3.28. The van der Waals surface area contributed by atoms with Crippen LogP contribution in [0.3, 0.4) is 0 Å². The summed E-state index contributed by atoms with van der Waals surface area (Å²) in [7, 11) is 1.82. The molecular formula is C18H20N4OS. The predicted octanol–water partition coefficient (Wildman–Crippen LogP) is 2.83. The van der Waals surface area contributed by atoms with Crippen molar-refractivity contribution in [1.82, 2.24) is 14.9 Å². The first kappa shape index (κ1) is 15.4. The van der Waals surface area contributed by atoms with Crippen LogP contribution >= 0.6 is 11.3 Å². The lowest BCUT2D eigenvalue weighted by atomic mass is 10.0. The molecule has 0 amide bonds. The molecule has 0 spiro atoms. The summed E-state index contributed by atoms with van der Waals surface area (Å²) in [5.41, 5.74) is 4.88. The molecule has 0 aliphatic carbocycles. The van der Waals surface area contributed by atoms with Gasteiger partial charge in [0, 0.05) is 36.4 Å². The zero-order valence-electron chi connectivity index (χ0n) is 13.6. The van der Waals surface area contributed by atoms with Crippen LogP contribution in [0.5, 0.6) is 0 Å². The van der Waals surface area contributed by atoms with Crippen molar-refractivity contribution >= 4 is 27.9 Å². The van der Waals surface area contributed by atoms with Gasteiger partial charge in [0.2, 0.25) is 0 Å². The summed E-state index contributed by atoms with van der Waals surface area (Å²) in [5, 5.41) is 8.06. The van der Waals surface area contributed by atoms with Crippen LogP contribution in [-0.2, 0) is 7.05 Å². The lowest BCUT2D eigenvalue weighted by molar-refractivity contribution is 0.479. The number of nitrogens with zero attached hydrogens (tertiary/aromatic N) is 2. The molecule has 0 atom stereocenters. The molecule has 124 valence electrons. The van der Waals surface area contributed by atoms with Crippen LogP contribution < -0.4 is 16.2 Å². The van der Waals surface area contributed by atoms with Gasteiger partial charge in [0.25, 0.3) is 5.56 Å². The molecule has 1 aliphatic heterocycles. The molecule has 2 N–H and O–H groups in total. The van der Waals surface area contributed by atoms with Crippen molar-refractivity contribution in [3.8, 4) is 10.4 Å². The van der Waals surface area contributed by atoms with E-state index in [0.717, 1.165) is 53.0 Å². The van der Waals surface area contributed by atoms with E-state index < -0.39 is 0 Å². The average molecular weight is 340 g/mol. The maximum atomic E-state index is 12.3. The molecule has 3 aromatic rings. The third kappa shape index (κ3) is 2.83. The van der Waals surface area contributed by atoms with E-state index in [2.05, 4.69) is 27.8 Å². The van der Waals surface area contributed by atoms with E-state index in [-0.39, 0.29) is 5.56 Å². The van der Waals surface area contributed by atoms with Crippen molar-refractivity contribution < 1.29 is 0 Å². The highest BCUT2D eigenvalue weighted by Crippen LogP contribution is 2.30. The van der Waals surface area contributed by atoms with Gasteiger partial charge in [-0.3, -0.25) is 9.78 Å². The Balaban J connectivity index is 1.82. The van der Waals surface area contributed by atoms with E-state index in [0.29, 0.717) is 6.04 Å². The molecule has 2 aromatic heterocycles. The number of aryl methyl sites for hydroxylation is 1. The van der Waals surface area contributed by atoms with Gasteiger partial charge in [0.05, 0.1) is 15.9 Å². The van der Waals surface area contributed by atoms with Crippen molar-refractivity contribution in [3.05, 3.63) is 46.3 Å². The Bertz CT molecular complexity index is 911. The Hall–Kier alpha value is -2.18. The Labute approximate surface area is 144 Å². The highest BCUT2D eigenvalue weighted by Gasteiger charge is 2.15. The van der Waals surface area contributed by atoms with Crippen LogP contribution in [0.15, 0.2) is 40.8 Å². The zero-order valence-corrected chi connectivity index (χ0v) is 14.4. The van der Waals surface area contributed by atoms with Crippen LogP contribution in [0.4, 0.5) is 5.69 Å². The van der Waals surface area contributed by atoms with Crippen LogP contribution in [0.2, 0.25) is 0 Å². The predicted molar refractivity (Wildman–Crippen MR) is 99.8 cm³/mol. The van der Waals surface area contributed by atoms with Crippen LogP contribution in [0.25, 0.3) is 21.3 Å². The monoisotopic (exact) mass is 340 g/mol. The lowest BCUT2D eigenvalue weighted by Gasteiger charge is -2.25. The molecule has 0 bridgehead atoms. The number of nitrogens with one attached hydrogen (secondary N) is 2. The van der Waals surface area contributed by atoms with E-state index in [1.807, 2.05) is 24.8 Å². The van der Waals surface area contributed by atoms with Crippen molar-refractivity contribution in [1.29, 1.82) is 0 Å².